The Morgan fingerprint density at radius 1 is 0.900 bits per heavy atom. The maximum Gasteiger partial charge on any atom is 0.126 e. The maximum absolute atomic E-state index is 13.1. The van der Waals surface area contributed by atoms with Crippen molar-refractivity contribution in [3.63, 3.8) is 0 Å². The quantitative estimate of drug-likeness (QED) is 0.911. The summed E-state index contributed by atoms with van der Waals surface area (Å²) in [6.45, 7) is 0. The largest absolute Gasteiger partial charge is 0.327 e. The highest BCUT2D eigenvalue weighted by molar-refractivity contribution is 6.31. The number of rotatable bonds is 4. The summed E-state index contributed by atoms with van der Waals surface area (Å²) in [6, 6.07) is 6.90. The van der Waals surface area contributed by atoms with Crippen molar-refractivity contribution >= 4 is 11.6 Å². The van der Waals surface area contributed by atoms with E-state index in [1.54, 1.807) is 0 Å². The van der Waals surface area contributed by atoms with E-state index >= 15 is 0 Å². The second kappa shape index (κ2) is 6.29. The third kappa shape index (κ3) is 3.99. The van der Waals surface area contributed by atoms with Crippen LogP contribution in [-0.2, 0) is 12.8 Å². The van der Waals surface area contributed by atoms with Crippen LogP contribution in [0.3, 0.4) is 0 Å². The number of halogens is 4. The van der Waals surface area contributed by atoms with Gasteiger partial charge in [-0.25, -0.2) is 13.2 Å². The minimum Gasteiger partial charge on any atom is -0.327 e. The standard InChI is InChI=1S/C15H13ClF3N/c16-15-2-1-11(17)6-10(15)7-14(20)5-9-3-12(18)8-13(19)4-9/h1-4,6,8,14H,5,7,20H2. The second-order valence-electron chi connectivity index (χ2n) is 4.68. The SMILES string of the molecule is NC(Cc1cc(F)cc(F)c1)Cc1cc(F)ccc1Cl. The number of nitrogens with two attached hydrogens (primary N) is 1. The van der Waals surface area contributed by atoms with Crippen LogP contribution in [0.4, 0.5) is 13.2 Å². The molecule has 0 aliphatic heterocycles. The number of benzene rings is 2. The van der Waals surface area contributed by atoms with Gasteiger partial charge in [-0.15, -0.1) is 0 Å². The van der Waals surface area contributed by atoms with Crippen LogP contribution in [0.2, 0.25) is 5.02 Å². The molecule has 0 spiro atoms. The van der Waals surface area contributed by atoms with Crippen molar-refractivity contribution < 1.29 is 13.2 Å². The lowest BCUT2D eigenvalue weighted by molar-refractivity contribution is 0.574. The van der Waals surface area contributed by atoms with Gasteiger partial charge in [-0.05, 0) is 54.3 Å². The van der Waals surface area contributed by atoms with Gasteiger partial charge in [0.25, 0.3) is 0 Å². The van der Waals surface area contributed by atoms with Gasteiger partial charge in [-0.1, -0.05) is 11.6 Å². The topological polar surface area (TPSA) is 26.0 Å². The average Bonchev–Trinajstić information content (AvgIpc) is 2.32. The molecule has 1 unspecified atom stereocenters. The molecular formula is C15H13ClF3N. The summed E-state index contributed by atoms with van der Waals surface area (Å²) in [6.07, 6.45) is 0.607. The molecule has 0 bridgehead atoms. The fourth-order valence-corrected chi connectivity index (χ4v) is 2.28. The van der Waals surface area contributed by atoms with E-state index in [-0.39, 0.29) is 6.42 Å². The zero-order valence-electron chi connectivity index (χ0n) is 10.5. The van der Waals surface area contributed by atoms with E-state index in [0.29, 0.717) is 22.6 Å². The summed E-state index contributed by atoms with van der Waals surface area (Å²) in [5, 5.41) is 0.423. The second-order valence-corrected chi connectivity index (χ2v) is 5.09. The van der Waals surface area contributed by atoms with Gasteiger partial charge in [0, 0.05) is 17.1 Å². The van der Waals surface area contributed by atoms with Crippen molar-refractivity contribution in [1.29, 1.82) is 0 Å². The van der Waals surface area contributed by atoms with Crippen molar-refractivity contribution in [2.45, 2.75) is 18.9 Å². The van der Waals surface area contributed by atoms with Crippen LogP contribution in [0.5, 0.6) is 0 Å². The van der Waals surface area contributed by atoms with Crippen molar-refractivity contribution in [3.8, 4) is 0 Å². The summed E-state index contributed by atoms with van der Waals surface area (Å²) >= 11 is 5.95. The predicted octanol–water partition coefficient (Wildman–Crippen LogP) is 3.87. The molecule has 5 heteroatoms. The molecule has 0 heterocycles. The van der Waals surface area contributed by atoms with E-state index in [1.165, 1.54) is 30.3 Å². The van der Waals surface area contributed by atoms with Gasteiger partial charge in [0.05, 0.1) is 0 Å². The molecule has 0 fully saturated rings. The van der Waals surface area contributed by atoms with Gasteiger partial charge < -0.3 is 5.73 Å². The molecule has 2 aromatic rings. The van der Waals surface area contributed by atoms with Gasteiger partial charge in [-0.2, -0.15) is 0 Å². The van der Waals surface area contributed by atoms with Crippen molar-refractivity contribution in [2.75, 3.05) is 0 Å². The van der Waals surface area contributed by atoms with Crippen LogP contribution in [0.1, 0.15) is 11.1 Å². The highest BCUT2D eigenvalue weighted by atomic mass is 35.5. The van der Waals surface area contributed by atoms with E-state index < -0.39 is 23.5 Å². The highest BCUT2D eigenvalue weighted by Crippen LogP contribution is 2.19. The lowest BCUT2D eigenvalue weighted by atomic mass is 9.99. The van der Waals surface area contributed by atoms with Crippen LogP contribution >= 0.6 is 11.6 Å². The molecule has 2 N–H and O–H groups in total. The Labute approximate surface area is 120 Å². The summed E-state index contributed by atoms with van der Waals surface area (Å²) < 4.78 is 39.3. The van der Waals surface area contributed by atoms with Crippen LogP contribution in [-0.4, -0.2) is 6.04 Å². The smallest absolute Gasteiger partial charge is 0.126 e. The lowest BCUT2D eigenvalue weighted by Crippen LogP contribution is -2.25. The molecule has 2 aromatic carbocycles. The van der Waals surface area contributed by atoms with Gasteiger partial charge >= 0.3 is 0 Å². The molecule has 1 nitrogen and oxygen atoms in total. The first-order valence-electron chi connectivity index (χ1n) is 6.08. The zero-order valence-corrected chi connectivity index (χ0v) is 11.3. The molecule has 0 saturated heterocycles. The van der Waals surface area contributed by atoms with Gasteiger partial charge in [0.2, 0.25) is 0 Å². The number of hydrogen-bond acceptors (Lipinski definition) is 1. The Morgan fingerprint density at radius 2 is 1.55 bits per heavy atom. The molecule has 106 valence electrons. The molecule has 0 aromatic heterocycles. The molecule has 2 rings (SSSR count). The predicted molar refractivity (Wildman–Crippen MR) is 73.2 cm³/mol. The Bertz CT molecular complexity index is 596. The molecule has 1 atom stereocenters. The molecule has 0 saturated carbocycles. The Balaban J connectivity index is 2.08. The Morgan fingerprint density at radius 3 is 2.20 bits per heavy atom. The first-order chi connectivity index (χ1) is 9.44. The third-order valence-corrected chi connectivity index (χ3v) is 3.28. The minimum absolute atomic E-state index is 0.279. The minimum atomic E-state index is -0.643. The Kier molecular flexibility index (Phi) is 4.68. The normalized spacial score (nSPS) is 12.4. The zero-order chi connectivity index (χ0) is 14.7. The van der Waals surface area contributed by atoms with E-state index in [0.717, 1.165) is 6.07 Å². The first kappa shape index (κ1) is 14.9. The van der Waals surface area contributed by atoms with Gasteiger partial charge in [0.15, 0.2) is 0 Å². The van der Waals surface area contributed by atoms with E-state index in [4.69, 9.17) is 17.3 Å². The number of hydrogen-bond donors (Lipinski definition) is 1. The molecule has 0 aliphatic rings. The van der Waals surface area contributed by atoms with Crippen molar-refractivity contribution in [1.82, 2.24) is 0 Å². The summed E-state index contributed by atoms with van der Waals surface area (Å²) in [5.41, 5.74) is 6.97. The summed E-state index contributed by atoms with van der Waals surface area (Å²) in [5.74, 6) is -1.68. The first-order valence-corrected chi connectivity index (χ1v) is 6.46. The monoisotopic (exact) mass is 299 g/mol. The Hall–Kier alpha value is -1.52. The molecule has 0 radical (unpaired) electrons. The van der Waals surface area contributed by atoms with E-state index in [2.05, 4.69) is 0 Å². The van der Waals surface area contributed by atoms with Crippen LogP contribution in [0, 0.1) is 17.5 Å². The highest BCUT2D eigenvalue weighted by Gasteiger charge is 2.11. The van der Waals surface area contributed by atoms with Crippen LogP contribution in [0.25, 0.3) is 0 Å². The lowest BCUT2D eigenvalue weighted by Gasteiger charge is -2.13. The fraction of sp³-hybridized carbons (Fsp3) is 0.200. The van der Waals surface area contributed by atoms with Crippen LogP contribution < -0.4 is 5.73 Å². The third-order valence-electron chi connectivity index (χ3n) is 2.91. The van der Waals surface area contributed by atoms with E-state index in [1.807, 2.05) is 0 Å². The molecule has 20 heavy (non-hydrogen) atoms. The average molecular weight is 300 g/mol. The van der Waals surface area contributed by atoms with E-state index in [9.17, 15) is 13.2 Å². The van der Waals surface area contributed by atoms with Gasteiger partial charge in [0.1, 0.15) is 17.5 Å². The molecule has 0 amide bonds. The molecular weight excluding hydrogens is 287 g/mol. The molecule has 0 aliphatic carbocycles. The fourth-order valence-electron chi connectivity index (χ4n) is 2.09. The van der Waals surface area contributed by atoms with Crippen molar-refractivity contribution in [2.24, 2.45) is 5.73 Å². The summed E-state index contributed by atoms with van der Waals surface area (Å²) in [4.78, 5) is 0. The summed E-state index contributed by atoms with van der Waals surface area (Å²) in [7, 11) is 0. The van der Waals surface area contributed by atoms with Gasteiger partial charge in [-0.3, -0.25) is 0 Å². The van der Waals surface area contributed by atoms with Crippen molar-refractivity contribution in [3.05, 3.63) is 70.0 Å². The maximum atomic E-state index is 13.1. The van der Waals surface area contributed by atoms with Crippen LogP contribution in [0.15, 0.2) is 36.4 Å².